The number of hydrogen-bond acceptors (Lipinski definition) is 7. The Morgan fingerprint density at radius 3 is 2.59 bits per heavy atom. The van der Waals surface area contributed by atoms with Crippen LogP contribution in [0.15, 0.2) is 60.4 Å². The third-order valence-corrected chi connectivity index (χ3v) is 5.19. The van der Waals surface area contributed by atoms with Crippen molar-refractivity contribution in [3.05, 3.63) is 92.7 Å². The number of benzene rings is 3. The lowest BCUT2D eigenvalue weighted by Gasteiger charge is -2.09. The molecular formula is C24H17NO7. The van der Waals surface area contributed by atoms with E-state index in [2.05, 4.69) is 0 Å². The van der Waals surface area contributed by atoms with Gasteiger partial charge < -0.3 is 18.9 Å². The number of nitro benzene ring substituents is 1. The molecule has 0 bridgehead atoms. The van der Waals surface area contributed by atoms with Gasteiger partial charge in [-0.3, -0.25) is 14.9 Å². The Morgan fingerprint density at radius 1 is 1.03 bits per heavy atom. The molecule has 0 aliphatic carbocycles. The molecule has 5 rings (SSSR count). The van der Waals surface area contributed by atoms with Crippen LogP contribution in [-0.2, 0) is 6.61 Å². The summed E-state index contributed by atoms with van der Waals surface area (Å²) in [4.78, 5) is 23.2. The van der Waals surface area contributed by atoms with E-state index < -0.39 is 4.92 Å². The van der Waals surface area contributed by atoms with Crippen molar-refractivity contribution in [1.29, 1.82) is 0 Å². The maximum atomic E-state index is 12.9. The molecule has 2 aliphatic rings. The summed E-state index contributed by atoms with van der Waals surface area (Å²) in [5.74, 6) is 2.28. The summed E-state index contributed by atoms with van der Waals surface area (Å²) in [5, 5.41) is 10.8. The molecule has 2 aliphatic heterocycles. The molecule has 8 nitrogen and oxygen atoms in total. The fourth-order valence-corrected chi connectivity index (χ4v) is 3.60. The van der Waals surface area contributed by atoms with Crippen LogP contribution in [0.5, 0.6) is 23.0 Å². The number of aryl methyl sites for hydroxylation is 1. The zero-order valence-corrected chi connectivity index (χ0v) is 17.0. The van der Waals surface area contributed by atoms with E-state index in [1.165, 1.54) is 12.1 Å². The van der Waals surface area contributed by atoms with Crippen LogP contribution in [0.4, 0.5) is 5.69 Å². The number of allylic oxidation sites excluding steroid dienone is 1. The molecule has 32 heavy (non-hydrogen) atoms. The minimum Gasteiger partial charge on any atom is -0.489 e. The average molecular weight is 431 g/mol. The topological polar surface area (TPSA) is 97.1 Å². The molecule has 0 unspecified atom stereocenters. The standard InChI is InChI=1S/C24H17NO7/c1-14-8-18(29-12-15-2-5-17(6-3-15)25(27)28)11-21-23(14)24(26)22(32-21)10-16-4-7-19-20(9-16)31-13-30-19/h2-11H,12-13H2,1H3/b22-10-. The molecule has 0 radical (unpaired) electrons. The predicted octanol–water partition coefficient (Wildman–Crippen LogP) is 4.83. The maximum absolute atomic E-state index is 12.9. The van der Waals surface area contributed by atoms with Crippen molar-refractivity contribution in [3.63, 3.8) is 0 Å². The maximum Gasteiger partial charge on any atom is 0.269 e. The number of carbonyl (C=O) groups excluding carboxylic acids is 1. The van der Waals surface area contributed by atoms with Gasteiger partial charge in [0.2, 0.25) is 12.6 Å². The Kier molecular flexibility index (Phi) is 4.74. The van der Waals surface area contributed by atoms with Crippen LogP contribution in [0.25, 0.3) is 6.08 Å². The van der Waals surface area contributed by atoms with Gasteiger partial charge in [-0.1, -0.05) is 6.07 Å². The number of nitro groups is 1. The van der Waals surface area contributed by atoms with Crippen LogP contribution in [0.3, 0.4) is 0 Å². The molecule has 0 saturated heterocycles. The van der Waals surface area contributed by atoms with Crippen molar-refractivity contribution in [2.24, 2.45) is 0 Å². The third-order valence-electron chi connectivity index (χ3n) is 5.19. The molecule has 3 aromatic rings. The van der Waals surface area contributed by atoms with Crippen molar-refractivity contribution in [1.82, 2.24) is 0 Å². The highest BCUT2D eigenvalue weighted by molar-refractivity contribution is 6.15. The number of carbonyl (C=O) groups is 1. The lowest BCUT2D eigenvalue weighted by Crippen LogP contribution is -2.00. The van der Waals surface area contributed by atoms with Gasteiger partial charge in [0, 0.05) is 18.2 Å². The Balaban J connectivity index is 1.34. The molecule has 3 aromatic carbocycles. The highest BCUT2D eigenvalue weighted by Gasteiger charge is 2.30. The lowest BCUT2D eigenvalue weighted by molar-refractivity contribution is -0.384. The Morgan fingerprint density at radius 2 is 1.81 bits per heavy atom. The smallest absolute Gasteiger partial charge is 0.269 e. The van der Waals surface area contributed by atoms with Crippen molar-refractivity contribution in [2.45, 2.75) is 13.5 Å². The van der Waals surface area contributed by atoms with Gasteiger partial charge in [0.25, 0.3) is 5.69 Å². The van der Waals surface area contributed by atoms with Gasteiger partial charge in [0.05, 0.1) is 10.5 Å². The largest absolute Gasteiger partial charge is 0.489 e. The summed E-state index contributed by atoms with van der Waals surface area (Å²) < 4.78 is 22.4. The predicted molar refractivity (Wildman–Crippen MR) is 114 cm³/mol. The van der Waals surface area contributed by atoms with Crippen LogP contribution >= 0.6 is 0 Å². The van der Waals surface area contributed by atoms with E-state index >= 15 is 0 Å². The number of rotatable bonds is 5. The summed E-state index contributed by atoms with van der Waals surface area (Å²) in [6, 6.07) is 15.0. The van der Waals surface area contributed by atoms with E-state index in [9.17, 15) is 14.9 Å². The quantitative estimate of drug-likeness (QED) is 0.324. The second-order valence-electron chi connectivity index (χ2n) is 7.38. The summed E-state index contributed by atoms with van der Waals surface area (Å²) in [6.07, 6.45) is 1.67. The van der Waals surface area contributed by atoms with Gasteiger partial charge in [-0.05, 0) is 60.0 Å². The first-order valence-corrected chi connectivity index (χ1v) is 9.82. The fraction of sp³-hybridized carbons (Fsp3) is 0.125. The number of non-ortho nitro benzene ring substituents is 1. The third kappa shape index (κ3) is 3.62. The second-order valence-corrected chi connectivity index (χ2v) is 7.38. The van der Waals surface area contributed by atoms with Gasteiger partial charge in [-0.2, -0.15) is 0 Å². The summed E-state index contributed by atoms with van der Waals surface area (Å²) in [6.45, 7) is 2.23. The molecule has 0 aromatic heterocycles. The molecule has 160 valence electrons. The summed E-state index contributed by atoms with van der Waals surface area (Å²) in [5.41, 5.74) is 2.81. The van der Waals surface area contributed by atoms with Gasteiger partial charge >= 0.3 is 0 Å². The number of nitrogens with zero attached hydrogens (tertiary/aromatic N) is 1. The molecule has 2 heterocycles. The van der Waals surface area contributed by atoms with Crippen molar-refractivity contribution in [3.8, 4) is 23.0 Å². The fourth-order valence-electron chi connectivity index (χ4n) is 3.60. The average Bonchev–Trinajstić information content (AvgIpc) is 3.37. The van der Waals surface area contributed by atoms with Gasteiger partial charge in [-0.25, -0.2) is 0 Å². The first kappa shape index (κ1) is 19.6. The van der Waals surface area contributed by atoms with Crippen LogP contribution in [0.1, 0.15) is 27.0 Å². The van der Waals surface area contributed by atoms with Gasteiger partial charge in [-0.15, -0.1) is 0 Å². The Hall–Kier alpha value is -4.33. The van der Waals surface area contributed by atoms with E-state index in [-0.39, 0.29) is 30.6 Å². The van der Waals surface area contributed by atoms with Crippen molar-refractivity contribution in [2.75, 3.05) is 6.79 Å². The summed E-state index contributed by atoms with van der Waals surface area (Å²) >= 11 is 0. The number of fused-ring (bicyclic) bond motifs is 2. The van der Waals surface area contributed by atoms with Crippen LogP contribution < -0.4 is 18.9 Å². The van der Waals surface area contributed by atoms with E-state index in [1.807, 2.05) is 13.0 Å². The molecule has 0 amide bonds. The van der Waals surface area contributed by atoms with E-state index in [0.717, 1.165) is 16.7 Å². The number of ketones is 1. The number of Topliss-reactive ketones (excluding diaryl/α,β-unsaturated/α-hetero) is 1. The normalized spacial score (nSPS) is 14.9. The van der Waals surface area contributed by atoms with Crippen LogP contribution in [0, 0.1) is 17.0 Å². The van der Waals surface area contributed by atoms with Crippen molar-refractivity contribution < 1.29 is 28.7 Å². The number of ether oxygens (including phenoxy) is 4. The highest BCUT2D eigenvalue weighted by atomic mass is 16.7. The lowest BCUT2D eigenvalue weighted by atomic mass is 10.0. The zero-order chi connectivity index (χ0) is 22.2. The number of hydrogen-bond donors (Lipinski definition) is 0. The monoisotopic (exact) mass is 431 g/mol. The molecule has 8 heteroatoms. The van der Waals surface area contributed by atoms with Gasteiger partial charge in [0.1, 0.15) is 18.1 Å². The molecular weight excluding hydrogens is 414 g/mol. The second kappa shape index (κ2) is 7.73. The highest BCUT2D eigenvalue weighted by Crippen LogP contribution is 2.39. The summed E-state index contributed by atoms with van der Waals surface area (Å²) in [7, 11) is 0. The first-order valence-electron chi connectivity index (χ1n) is 9.82. The van der Waals surface area contributed by atoms with Gasteiger partial charge in [0.15, 0.2) is 17.3 Å². The molecule has 0 atom stereocenters. The minimum atomic E-state index is -0.447. The molecule has 0 N–H and O–H groups in total. The van der Waals surface area contributed by atoms with Crippen molar-refractivity contribution >= 4 is 17.5 Å². The minimum absolute atomic E-state index is 0.0239. The first-order chi connectivity index (χ1) is 15.5. The van der Waals surface area contributed by atoms with E-state index in [4.69, 9.17) is 18.9 Å². The van der Waals surface area contributed by atoms with Crippen LogP contribution in [-0.4, -0.2) is 17.5 Å². The Bertz CT molecular complexity index is 1280. The van der Waals surface area contributed by atoms with Crippen LogP contribution in [0.2, 0.25) is 0 Å². The molecule has 0 fully saturated rings. The van der Waals surface area contributed by atoms with E-state index in [0.29, 0.717) is 28.6 Å². The SMILES string of the molecule is Cc1cc(OCc2ccc([N+](=O)[O-])cc2)cc2c1C(=O)/C(=C/c1ccc3c(c1)OCO3)O2. The zero-order valence-electron chi connectivity index (χ0n) is 17.0. The van der Waals surface area contributed by atoms with E-state index in [1.54, 1.807) is 42.5 Å². The Labute approximate surface area is 182 Å². The molecule has 0 saturated carbocycles. The molecule has 0 spiro atoms.